The number of rotatable bonds is 8. The summed E-state index contributed by atoms with van der Waals surface area (Å²) < 4.78 is 0. The Morgan fingerprint density at radius 1 is 1.33 bits per heavy atom. The van der Waals surface area contributed by atoms with Gasteiger partial charge in [0.05, 0.1) is 6.54 Å². The Hall–Kier alpha value is -1.49. The van der Waals surface area contributed by atoms with Gasteiger partial charge in [-0.2, -0.15) is 0 Å². The van der Waals surface area contributed by atoms with Crippen LogP contribution < -0.4 is 5.32 Å². The largest absolute Gasteiger partial charge is 0.481 e. The van der Waals surface area contributed by atoms with Crippen LogP contribution in [0.5, 0.6) is 0 Å². The minimum Gasteiger partial charge on any atom is -0.481 e. The average Bonchev–Trinajstić information content (AvgIpc) is 2.34. The lowest BCUT2D eigenvalue weighted by Gasteiger charge is -2.23. The maximum Gasteiger partial charge on any atom is 0.303 e. The average molecular weight is 251 g/mol. The van der Waals surface area contributed by atoms with Crippen LogP contribution in [0, 0.1) is 5.41 Å². The number of carbonyl (C=O) groups is 1. The summed E-state index contributed by atoms with van der Waals surface area (Å²) in [6.45, 7) is 5.67. The molecule has 0 saturated heterocycles. The molecule has 0 aromatic carbocycles. The predicted molar refractivity (Wildman–Crippen MR) is 69.0 cm³/mol. The molecule has 2 N–H and O–H groups in total. The zero-order valence-electron chi connectivity index (χ0n) is 11.0. The van der Waals surface area contributed by atoms with Gasteiger partial charge in [0.25, 0.3) is 0 Å². The summed E-state index contributed by atoms with van der Waals surface area (Å²) in [5.41, 5.74) is 0.0446. The fourth-order valence-electron chi connectivity index (χ4n) is 1.62. The van der Waals surface area contributed by atoms with Crippen molar-refractivity contribution >= 4 is 5.97 Å². The Kier molecular flexibility index (Phi) is 5.71. The number of nitrogens with one attached hydrogen (secondary N) is 1. The minimum atomic E-state index is -0.728. The molecule has 1 heterocycles. The molecule has 0 bridgehead atoms. The summed E-state index contributed by atoms with van der Waals surface area (Å²) in [4.78, 5) is 18.8. The van der Waals surface area contributed by atoms with Gasteiger partial charge in [0.15, 0.2) is 0 Å². The Bertz CT molecular complexity index is 366. The van der Waals surface area contributed by atoms with Crippen molar-refractivity contribution in [3.63, 3.8) is 0 Å². The summed E-state index contributed by atoms with van der Waals surface area (Å²) in [7, 11) is 0. The van der Waals surface area contributed by atoms with Crippen LogP contribution in [0.2, 0.25) is 0 Å². The minimum absolute atomic E-state index is 0.0446. The SMILES string of the molecule is CC(C)(CCNCc1ncccn1)CCC(=O)O. The number of aliphatic carboxylic acids is 1. The highest BCUT2D eigenvalue weighted by Gasteiger charge is 2.18. The van der Waals surface area contributed by atoms with E-state index in [1.807, 2.05) is 0 Å². The quantitative estimate of drug-likeness (QED) is 0.690. The van der Waals surface area contributed by atoms with E-state index in [4.69, 9.17) is 5.11 Å². The van der Waals surface area contributed by atoms with E-state index >= 15 is 0 Å². The highest BCUT2D eigenvalue weighted by Crippen LogP contribution is 2.25. The highest BCUT2D eigenvalue weighted by molar-refractivity contribution is 5.66. The summed E-state index contributed by atoms with van der Waals surface area (Å²) in [5, 5.41) is 11.9. The lowest BCUT2D eigenvalue weighted by atomic mass is 9.84. The molecule has 1 rings (SSSR count). The van der Waals surface area contributed by atoms with E-state index in [1.54, 1.807) is 18.5 Å². The maximum absolute atomic E-state index is 10.5. The topological polar surface area (TPSA) is 75.1 Å². The van der Waals surface area contributed by atoms with E-state index in [-0.39, 0.29) is 11.8 Å². The first-order chi connectivity index (χ1) is 8.49. The van der Waals surface area contributed by atoms with Crippen LogP contribution in [0.3, 0.4) is 0 Å². The first-order valence-corrected chi connectivity index (χ1v) is 6.18. The summed E-state index contributed by atoms with van der Waals surface area (Å²) in [6.07, 6.45) is 5.31. The number of carboxylic acid groups (broad SMARTS) is 1. The van der Waals surface area contributed by atoms with Crippen LogP contribution >= 0.6 is 0 Å². The van der Waals surface area contributed by atoms with Crippen LogP contribution in [0.1, 0.15) is 38.9 Å². The zero-order valence-corrected chi connectivity index (χ0v) is 11.0. The monoisotopic (exact) mass is 251 g/mol. The van der Waals surface area contributed by atoms with Gasteiger partial charge in [-0.1, -0.05) is 13.8 Å². The van der Waals surface area contributed by atoms with Crippen LogP contribution in [-0.4, -0.2) is 27.6 Å². The van der Waals surface area contributed by atoms with E-state index in [9.17, 15) is 4.79 Å². The van der Waals surface area contributed by atoms with Gasteiger partial charge in [-0.05, 0) is 30.9 Å². The molecular weight excluding hydrogens is 230 g/mol. The van der Waals surface area contributed by atoms with Gasteiger partial charge >= 0.3 is 5.97 Å². The van der Waals surface area contributed by atoms with E-state index in [2.05, 4.69) is 29.1 Å². The standard InChI is InChI=1S/C13H21N3O2/c1-13(2,5-4-12(17)18)6-9-14-10-11-15-7-3-8-16-11/h3,7-8,14H,4-6,9-10H2,1-2H3,(H,17,18). The fourth-order valence-corrected chi connectivity index (χ4v) is 1.62. The molecule has 0 aliphatic heterocycles. The zero-order chi connectivity index (χ0) is 13.4. The van der Waals surface area contributed by atoms with Crippen LogP contribution in [0.15, 0.2) is 18.5 Å². The lowest BCUT2D eigenvalue weighted by Crippen LogP contribution is -2.23. The van der Waals surface area contributed by atoms with Crippen molar-refractivity contribution in [2.45, 2.75) is 39.7 Å². The molecule has 0 fully saturated rings. The van der Waals surface area contributed by atoms with E-state index < -0.39 is 5.97 Å². The van der Waals surface area contributed by atoms with Crippen LogP contribution in [-0.2, 0) is 11.3 Å². The third kappa shape index (κ3) is 6.30. The molecule has 100 valence electrons. The molecule has 0 spiro atoms. The highest BCUT2D eigenvalue weighted by atomic mass is 16.4. The van der Waals surface area contributed by atoms with Crippen molar-refractivity contribution in [1.29, 1.82) is 0 Å². The molecule has 0 aliphatic rings. The third-order valence-corrected chi connectivity index (χ3v) is 2.90. The molecule has 0 amide bonds. The van der Waals surface area contributed by atoms with Gasteiger partial charge < -0.3 is 10.4 Å². The summed E-state index contributed by atoms with van der Waals surface area (Å²) >= 11 is 0. The Labute approximate surface area is 108 Å². The van der Waals surface area contributed by atoms with Crippen molar-refractivity contribution in [2.24, 2.45) is 5.41 Å². The molecule has 0 radical (unpaired) electrons. The van der Waals surface area contributed by atoms with Gasteiger partial charge in [-0.3, -0.25) is 4.79 Å². The van der Waals surface area contributed by atoms with Gasteiger partial charge in [-0.15, -0.1) is 0 Å². The molecule has 1 aromatic rings. The number of carboxylic acids is 1. The molecule has 1 aromatic heterocycles. The Morgan fingerprint density at radius 3 is 2.61 bits per heavy atom. The Balaban J connectivity index is 2.18. The molecule has 5 heteroatoms. The smallest absolute Gasteiger partial charge is 0.303 e. The maximum atomic E-state index is 10.5. The van der Waals surface area contributed by atoms with Gasteiger partial charge in [-0.25, -0.2) is 9.97 Å². The van der Waals surface area contributed by atoms with Crippen molar-refractivity contribution < 1.29 is 9.90 Å². The first-order valence-electron chi connectivity index (χ1n) is 6.18. The molecule has 5 nitrogen and oxygen atoms in total. The predicted octanol–water partition coefficient (Wildman–Crippen LogP) is 1.85. The number of hydrogen-bond donors (Lipinski definition) is 2. The summed E-state index contributed by atoms with van der Waals surface area (Å²) in [6, 6.07) is 1.79. The fraction of sp³-hybridized carbons (Fsp3) is 0.615. The molecule has 0 atom stereocenters. The lowest BCUT2D eigenvalue weighted by molar-refractivity contribution is -0.137. The van der Waals surface area contributed by atoms with Crippen LogP contribution in [0.4, 0.5) is 0 Å². The number of hydrogen-bond acceptors (Lipinski definition) is 4. The molecule has 0 unspecified atom stereocenters. The van der Waals surface area contributed by atoms with Crippen molar-refractivity contribution in [2.75, 3.05) is 6.54 Å². The van der Waals surface area contributed by atoms with Crippen LogP contribution in [0.25, 0.3) is 0 Å². The number of nitrogens with zero attached hydrogens (tertiary/aromatic N) is 2. The van der Waals surface area contributed by atoms with Gasteiger partial charge in [0.2, 0.25) is 0 Å². The Morgan fingerprint density at radius 2 is 2.00 bits per heavy atom. The molecule has 0 aliphatic carbocycles. The number of aromatic nitrogens is 2. The van der Waals surface area contributed by atoms with E-state index in [0.717, 1.165) is 18.8 Å². The normalized spacial score (nSPS) is 11.4. The summed E-state index contributed by atoms with van der Waals surface area (Å²) in [5.74, 6) is 0.0505. The van der Waals surface area contributed by atoms with E-state index in [0.29, 0.717) is 13.0 Å². The second kappa shape index (κ2) is 7.06. The second-order valence-electron chi connectivity index (χ2n) is 5.15. The van der Waals surface area contributed by atoms with E-state index in [1.165, 1.54) is 0 Å². The van der Waals surface area contributed by atoms with Gasteiger partial charge in [0.1, 0.15) is 5.82 Å². The first kappa shape index (κ1) is 14.6. The van der Waals surface area contributed by atoms with Crippen molar-refractivity contribution in [3.05, 3.63) is 24.3 Å². The molecule has 18 heavy (non-hydrogen) atoms. The third-order valence-electron chi connectivity index (χ3n) is 2.90. The van der Waals surface area contributed by atoms with Crippen molar-refractivity contribution in [1.82, 2.24) is 15.3 Å². The van der Waals surface area contributed by atoms with Gasteiger partial charge in [0, 0.05) is 18.8 Å². The molecule has 0 saturated carbocycles. The second-order valence-corrected chi connectivity index (χ2v) is 5.15. The molecular formula is C13H21N3O2. The van der Waals surface area contributed by atoms with Crippen molar-refractivity contribution in [3.8, 4) is 0 Å².